The molecule has 0 radical (unpaired) electrons. The van der Waals surface area contributed by atoms with Gasteiger partial charge in [0.05, 0.1) is 5.69 Å². The molecule has 2 aliphatic carbocycles. The number of rotatable bonds is 2. The van der Waals surface area contributed by atoms with Crippen LogP contribution in [-0.4, -0.2) is 38.5 Å². The molecule has 3 heterocycles. The summed E-state index contributed by atoms with van der Waals surface area (Å²) < 4.78 is 1.90. The molecule has 136 valence electrons. The third-order valence-corrected chi connectivity index (χ3v) is 5.85. The van der Waals surface area contributed by atoms with Crippen LogP contribution < -0.4 is 10.2 Å². The largest absolute Gasteiger partial charge is 0.338 e. The van der Waals surface area contributed by atoms with Crippen molar-refractivity contribution < 1.29 is 6.22 Å². The van der Waals surface area contributed by atoms with Gasteiger partial charge in [-0.15, -0.1) is 5.10 Å². The lowest BCUT2D eigenvalue weighted by Crippen LogP contribution is -2.44. The number of anilines is 1. The lowest BCUT2D eigenvalue weighted by molar-refractivity contribution is -0.117. The van der Waals surface area contributed by atoms with Crippen molar-refractivity contribution in [3.63, 3.8) is 0 Å². The van der Waals surface area contributed by atoms with Crippen LogP contribution in [0.2, 0.25) is 0 Å². The molecule has 6 rings (SSSR count). The summed E-state index contributed by atoms with van der Waals surface area (Å²) in [4.78, 5) is 18.5. The van der Waals surface area contributed by atoms with Gasteiger partial charge in [-0.3, -0.25) is 4.79 Å². The monoisotopic (exact) mass is 361 g/mol. The Morgan fingerprint density at radius 1 is 1.30 bits per heavy atom. The number of fused-ring (bicyclic) bond motifs is 1. The minimum Gasteiger partial charge on any atom is -0.338 e. The van der Waals surface area contributed by atoms with Crippen molar-refractivity contribution in [2.45, 2.75) is 24.8 Å². The summed E-state index contributed by atoms with van der Waals surface area (Å²) in [6.07, 6.45) is 8.91. The second kappa shape index (κ2) is 5.12. The molecule has 0 bridgehead atoms. The van der Waals surface area contributed by atoms with Gasteiger partial charge in [0.2, 0.25) is 11.7 Å². The van der Waals surface area contributed by atoms with Gasteiger partial charge in [0.1, 0.15) is 5.54 Å². The standard InChI is InChI=1S/C19H17N7O.H2/c27-16-5-2-10-25(16)14-8-6-13(7-9-14)20-17-18-22-23-24-26(18)19-11-12(19)3-1-4-15(19)21-17;/h1,3-4,6-9,12H,2,5,10-11H2,(H,20,21);1H. The summed E-state index contributed by atoms with van der Waals surface area (Å²) in [5, 5.41) is 15.7. The van der Waals surface area contributed by atoms with E-state index < -0.39 is 0 Å². The molecule has 2 unspecified atom stereocenters. The summed E-state index contributed by atoms with van der Waals surface area (Å²) in [7, 11) is 0. The van der Waals surface area contributed by atoms with E-state index in [0.717, 1.165) is 36.5 Å². The predicted octanol–water partition coefficient (Wildman–Crippen LogP) is 1.90. The molecule has 1 amide bonds. The van der Waals surface area contributed by atoms with E-state index in [1.54, 1.807) is 0 Å². The number of hydrogen-bond donors (Lipinski definition) is 1. The second-order valence-electron chi connectivity index (χ2n) is 7.37. The Bertz CT molecular complexity index is 1050. The fraction of sp³-hybridized carbons (Fsp3) is 0.316. The number of nitrogens with zero attached hydrogens (tertiary/aromatic N) is 6. The number of benzene rings is 1. The molecule has 8 heteroatoms. The highest BCUT2D eigenvalue weighted by molar-refractivity contribution is 6.00. The first-order valence-corrected chi connectivity index (χ1v) is 9.20. The summed E-state index contributed by atoms with van der Waals surface area (Å²) in [5.41, 5.74) is 2.64. The van der Waals surface area contributed by atoms with Crippen LogP contribution in [0.5, 0.6) is 0 Å². The Kier molecular flexibility index (Phi) is 2.81. The number of carbonyl (C=O) groups is 1. The molecule has 1 aromatic carbocycles. The molecule has 1 N–H and O–H groups in total. The molecule has 1 saturated carbocycles. The van der Waals surface area contributed by atoms with Gasteiger partial charge in [-0.25, -0.2) is 9.67 Å². The van der Waals surface area contributed by atoms with Gasteiger partial charge in [0.25, 0.3) is 0 Å². The zero-order valence-corrected chi connectivity index (χ0v) is 14.5. The van der Waals surface area contributed by atoms with Crippen LogP contribution in [0.15, 0.2) is 53.2 Å². The molecule has 8 nitrogen and oxygen atoms in total. The van der Waals surface area contributed by atoms with Crippen molar-refractivity contribution in [2.24, 2.45) is 10.9 Å². The van der Waals surface area contributed by atoms with Crippen molar-refractivity contribution in [2.75, 3.05) is 11.4 Å². The number of amidine groups is 1. The van der Waals surface area contributed by atoms with Crippen LogP contribution in [0.3, 0.4) is 0 Å². The lowest BCUT2D eigenvalue weighted by Gasteiger charge is -2.30. The molecule has 1 saturated heterocycles. The zero-order chi connectivity index (χ0) is 18.0. The highest BCUT2D eigenvalue weighted by Gasteiger charge is 2.62. The van der Waals surface area contributed by atoms with Crippen molar-refractivity contribution in [3.05, 3.63) is 54.0 Å². The highest BCUT2D eigenvalue weighted by atomic mass is 16.2. The van der Waals surface area contributed by atoms with Crippen molar-refractivity contribution >= 4 is 23.1 Å². The fourth-order valence-electron chi connectivity index (χ4n) is 4.37. The van der Waals surface area contributed by atoms with Gasteiger partial charge in [-0.2, -0.15) is 0 Å². The molecule has 4 aliphatic rings. The maximum atomic E-state index is 11.9. The molecule has 1 spiro atoms. The first kappa shape index (κ1) is 14.8. The first-order chi connectivity index (χ1) is 13.3. The Hall–Kier alpha value is -3.29. The SMILES string of the molecule is O=C1CCCN1c1ccc(N=C2NC3=CC=CC4CC34n3nnnc32)cc1.[HH]. The minimum absolute atomic E-state index is 0. The topological polar surface area (TPSA) is 88.3 Å². The van der Waals surface area contributed by atoms with Crippen LogP contribution in [0.4, 0.5) is 11.4 Å². The quantitative estimate of drug-likeness (QED) is 0.883. The molecule has 1 aromatic heterocycles. The number of tetrazole rings is 1. The first-order valence-electron chi connectivity index (χ1n) is 9.20. The molecule has 2 aliphatic heterocycles. The van der Waals surface area contributed by atoms with E-state index in [0.29, 0.717) is 24.0 Å². The van der Waals surface area contributed by atoms with Crippen LogP contribution in [0.25, 0.3) is 0 Å². The predicted molar refractivity (Wildman–Crippen MR) is 101 cm³/mol. The Morgan fingerprint density at radius 3 is 3.00 bits per heavy atom. The van der Waals surface area contributed by atoms with E-state index in [2.05, 4.69) is 39.1 Å². The second-order valence-corrected chi connectivity index (χ2v) is 7.37. The van der Waals surface area contributed by atoms with Crippen LogP contribution >= 0.6 is 0 Å². The molecular weight excluding hydrogens is 342 g/mol. The van der Waals surface area contributed by atoms with Crippen molar-refractivity contribution in [1.29, 1.82) is 0 Å². The molecule has 27 heavy (non-hydrogen) atoms. The van der Waals surface area contributed by atoms with Gasteiger partial charge in [-0.05, 0) is 53.6 Å². The van der Waals surface area contributed by atoms with Crippen molar-refractivity contribution in [1.82, 2.24) is 25.5 Å². The third-order valence-electron chi connectivity index (χ3n) is 5.85. The molecule has 2 fully saturated rings. The van der Waals surface area contributed by atoms with E-state index in [1.807, 2.05) is 33.8 Å². The van der Waals surface area contributed by atoms with Gasteiger partial charge in [0.15, 0.2) is 5.84 Å². The number of allylic oxidation sites excluding steroid dienone is 4. The maximum absolute atomic E-state index is 11.9. The average molecular weight is 361 g/mol. The average Bonchev–Trinajstić information content (AvgIpc) is 3.01. The minimum atomic E-state index is -0.160. The number of aromatic nitrogens is 4. The van der Waals surface area contributed by atoms with Crippen LogP contribution in [-0.2, 0) is 10.3 Å². The van der Waals surface area contributed by atoms with Crippen LogP contribution in [0.1, 0.15) is 26.5 Å². The number of aliphatic imine (C=N–C) groups is 1. The summed E-state index contributed by atoms with van der Waals surface area (Å²) in [6, 6.07) is 7.72. The van der Waals surface area contributed by atoms with Gasteiger partial charge >= 0.3 is 0 Å². The highest BCUT2D eigenvalue weighted by Crippen LogP contribution is 2.58. The van der Waals surface area contributed by atoms with Crippen molar-refractivity contribution in [3.8, 4) is 0 Å². The van der Waals surface area contributed by atoms with E-state index in [-0.39, 0.29) is 12.9 Å². The Labute approximate surface area is 156 Å². The van der Waals surface area contributed by atoms with Gasteiger partial charge in [0, 0.05) is 31.7 Å². The van der Waals surface area contributed by atoms with E-state index in [4.69, 9.17) is 4.99 Å². The Balaban J connectivity index is 0.00000171. The number of amides is 1. The summed E-state index contributed by atoms with van der Waals surface area (Å²) in [6.45, 7) is 0.786. The summed E-state index contributed by atoms with van der Waals surface area (Å²) in [5.74, 6) is 1.92. The molecule has 2 aromatic rings. The number of hydrogen-bond acceptors (Lipinski definition) is 5. The maximum Gasteiger partial charge on any atom is 0.227 e. The van der Waals surface area contributed by atoms with Gasteiger partial charge in [-0.1, -0.05) is 12.2 Å². The smallest absolute Gasteiger partial charge is 0.227 e. The lowest BCUT2D eigenvalue weighted by atomic mass is 10.0. The van der Waals surface area contributed by atoms with Crippen LogP contribution in [0, 0.1) is 5.92 Å². The Morgan fingerprint density at radius 2 is 2.19 bits per heavy atom. The number of nitrogens with one attached hydrogen (secondary N) is 1. The summed E-state index contributed by atoms with van der Waals surface area (Å²) >= 11 is 0. The van der Waals surface area contributed by atoms with E-state index in [1.165, 1.54) is 0 Å². The zero-order valence-electron chi connectivity index (χ0n) is 14.5. The van der Waals surface area contributed by atoms with E-state index >= 15 is 0 Å². The molecule has 2 atom stereocenters. The fourth-order valence-corrected chi connectivity index (χ4v) is 4.37. The number of carbonyl (C=O) groups excluding carboxylic acids is 1. The third kappa shape index (κ3) is 2.00. The van der Waals surface area contributed by atoms with Gasteiger partial charge < -0.3 is 10.2 Å². The normalized spacial score (nSPS) is 29.1. The van der Waals surface area contributed by atoms with E-state index in [9.17, 15) is 4.79 Å². The molecular formula is C19H19N7O.